The van der Waals surface area contributed by atoms with Gasteiger partial charge in [0.25, 0.3) is 5.91 Å². The Morgan fingerprint density at radius 1 is 0.621 bits per heavy atom. The van der Waals surface area contributed by atoms with Crippen LogP contribution in [0.15, 0.2) is 103 Å². The van der Waals surface area contributed by atoms with Crippen molar-refractivity contribution in [3.8, 4) is 11.1 Å². The summed E-state index contributed by atoms with van der Waals surface area (Å²) in [7, 11) is 0. The van der Waals surface area contributed by atoms with E-state index in [0.29, 0.717) is 11.3 Å². The van der Waals surface area contributed by atoms with Crippen LogP contribution in [0.5, 0.6) is 0 Å². The number of anilines is 4. The molecule has 0 heterocycles. The van der Waals surface area contributed by atoms with Crippen LogP contribution in [0.1, 0.15) is 10.4 Å². The second-order valence-electron chi connectivity index (χ2n) is 6.72. The van der Waals surface area contributed by atoms with Gasteiger partial charge in [0.15, 0.2) is 0 Å². The largest absolute Gasteiger partial charge is 0.398 e. The van der Waals surface area contributed by atoms with Crippen molar-refractivity contribution in [3.05, 3.63) is 109 Å². The minimum Gasteiger partial charge on any atom is -0.398 e. The van der Waals surface area contributed by atoms with Gasteiger partial charge in [0, 0.05) is 22.7 Å². The minimum absolute atomic E-state index is 0.330. The number of amides is 1. The third kappa shape index (κ3) is 3.82. The Morgan fingerprint density at radius 2 is 1.17 bits per heavy atom. The topological polar surface area (TPSA) is 72.4 Å². The van der Waals surface area contributed by atoms with Crippen molar-refractivity contribution in [2.75, 3.05) is 10.6 Å². The van der Waals surface area contributed by atoms with Crippen LogP contribution in [0.25, 0.3) is 11.1 Å². The van der Waals surface area contributed by atoms with Gasteiger partial charge in [-0.25, -0.2) is 0 Å². The maximum atomic E-state index is 11.7. The van der Waals surface area contributed by atoms with E-state index in [1.165, 1.54) is 0 Å². The number of carbonyl (C=O) groups excluding carboxylic acids is 1. The Kier molecular flexibility index (Phi) is 4.99. The van der Waals surface area contributed by atoms with Crippen molar-refractivity contribution < 1.29 is 4.79 Å². The molecule has 0 bridgehead atoms. The highest BCUT2D eigenvalue weighted by molar-refractivity contribution is 5.99. The van der Waals surface area contributed by atoms with Gasteiger partial charge in [0.1, 0.15) is 0 Å². The normalized spacial score (nSPS) is 10.5. The summed E-state index contributed by atoms with van der Waals surface area (Å²) in [4.78, 5) is 13.9. The highest BCUT2D eigenvalue weighted by Gasteiger charge is 2.13. The number of para-hydroxylation sites is 2. The van der Waals surface area contributed by atoms with Crippen molar-refractivity contribution in [3.63, 3.8) is 0 Å². The lowest BCUT2D eigenvalue weighted by Gasteiger charge is -2.26. The summed E-state index contributed by atoms with van der Waals surface area (Å²) >= 11 is 0. The predicted molar refractivity (Wildman–Crippen MR) is 119 cm³/mol. The molecule has 1 amide bonds. The van der Waals surface area contributed by atoms with E-state index in [2.05, 4.69) is 41.3 Å². The molecule has 4 nitrogen and oxygen atoms in total. The van der Waals surface area contributed by atoms with Gasteiger partial charge < -0.3 is 16.4 Å². The van der Waals surface area contributed by atoms with Crippen LogP contribution in [0.2, 0.25) is 0 Å². The molecule has 0 fully saturated rings. The van der Waals surface area contributed by atoms with Crippen LogP contribution < -0.4 is 16.4 Å². The zero-order chi connectivity index (χ0) is 20.2. The second kappa shape index (κ2) is 7.90. The third-order valence-corrected chi connectivity index (χ3v) is 4.79. The molecular formula is C25H21N3O. The zero-order valence-electron chi connectivity index (χ0n) is 15.8. The molecule has 142 valence electrons. The summed E-state index contributed by atoms with van der Waals surface area (Å²) in [5.74, 6) is -0.532. The van der Waals surface area contributed by atoms with Crippen LogP contribution in [-0.4, -0.2) is 5.91 Å². The fourth-order valence-electron chi connectivity index (χ4n) is 3.38. The molecule has 0 radical (unpaired) electrons. The van der Waals surface area contributed by atoms with E-state index in [1.807, 2.05) is 54.6 Å². The van der Waals surface area contributed by atoms with Crippen LogP contribution in [0.3, 0.4) is 0 Å². The minimum atomic E-state index is -0.532. The lowest BCUT2D eigenvalue weighted by atomic mass is 10.0. The number of hydrogen-bond acceptors (Lipinski definition) is 3. The summed E-state index contributed by atoms with van der Waals surface area (Å²) in [6, 6.07) is 33.9. The molecule has 0 aromatic heterocycles. The molecule has 0 aliphatic carbocycles. The number of benzene rings is 4. The van der Waals surface area contributed by atoms with Crippen molar-refractivity contribution in [2.45, 2.75) is 0 Å². The van der Waals surface area contributed by atoms with Gasteiger partial charge in [-0.2, -0.15) is 0 Å². The van der Waals surface area contributed by atoms with E-state index in [1.54, 1.807) is 12.1 Å². The van der Waals surface area contributed by atoms with Gasteiger partial charge >= 0.3 is 0 Å². The molecule has 29 heavy (non-hydrogen) atoms. The molecule has 4 aromatic rings. The average molecular weight is 379 g/mol. The first-order valence-electron chi connectivity index (χ1n) is 9.33. The Hall–Kier alpha value is -4.05. The molecule has 4 rings (SSSR count). The van der Waals surface area contributed by atoms with Crippen LogP contribution in [-0.2, 0) is 0 Å². The molecule has 4 N–H and O–H groups in total. The maximum Gasteiger partial charge on any atom is 0.250 e. The Bertz CT molecular complexity index is 1100. The molecule has 4 heteroatoms. The van der Waals surface area contributed by atoms with E-state index in [4.69, 9.17) is 11.5 Å². The summed E-state index contributed by atoms with van der Waals surface area (Å²) in [5.41, 5.74) is 17.1. The molecule has 4 aromatic carbocycles. The number of primary amides is 1. The van der Waals surface area contributed by atoms with Gasteiger partial charge in [-0.3, -0.25) is 4.79 Å². The number of carbonyl (C=O) groups is 1. The van der Waals surface area contributed by atoms with Crippen molar-refractivity contribution >= 4 is 28.7 Å². The van der Waals surface area contributed by atoms with Gasteiger partial charge in [0.05, 0.1) is 5.56 Å². The van der Waals surface area contributed by atoms with Crippen LogP contribution >= 0.6 is 0 Å². The lowest BCUT2D eigenvalue weighted by Crippen LogP contribution is -2.13. The second-order valence-corrected chi connectivity index (χ2v) is 6.72. The summed E-state index contributed by atoms with van der Waals surface area (Å²) in [5, 5.41) is 0. The van der Waals surface area contributed by atoms with Gasteiger partial charge in [-0.1, -0.05) is 54.6 Å². The Morgan fingerprint density at radius 3 is 1.76 bits per heavy atom. The summed E-state index contributed by atoms with van der Waals surface area (Å²) < 4.78 is 0. The fourth-order valence-corrected chi connectivity index (χ4v) is 3.38. The molecule has 0 aliphatic rings. The van der Waals surface area contributed by atoms with Crippen LogP contribution in [0, 0.1) is 0 Å². The standard InChI is InChI=1S/C25H21N3O/c26-24-15-14-19(17-23(24)25(27)29)18-8-7-13-22(16-18)28(20-9-3-1-4-10-20)21-11-5-2-6-12-21/h1-17H,26H2,(H2,27,29). The first kappa shape index (κ1) is 18.3. The molecule has 0 aliphatic heterocycles. The Balaban J connectivity index is 1.83. The van der Waals surface area contributed by atoms with E-state index < -0.39 is 5.91 Å². The summed E-state index contributed by atoms with van der Waals surface area (Å²) in [6.45, 7) is 0. The summed E-state index contributed by atoms with van der Waals surface area (Å²) in [6.07, 6.45) is 0. The van der Waals surface area contributed by atoms with Crippen LogP contribution in [0.4, 0.5) is 22.7 Å². The predicted octanol–water partition coefficient (Wildman–Crippen LogP) is 5.50. The highest BCUT2D eigenvalue weighted by Crippen LogP contribution is 2.36. The SMILES string of the molecule is NC(=O)c1cc(-c2cccc(N(c3ccccc3)c3ccccc3)c2)ccc1N. The van der Waals surface area contributed by atoms with E-state index >= 15 is 0 Å². The maximum absolute atomic E-state index is 11.7. The number of nitrogens with zero attached hydrogens (tertiary/aromatic N) is 1. The quantitative estimate of drug-likeness (QED) is 0.449. The number of hydrogen-bond donors (Lipinski definition) is 2. The number of nitrogens with two attached hydrogens (primary N) is 2. The number of nitrogen functional groups attached to an aromatic ring is 1. The number of rotatable bonds is 5. The van der Waals surface area contributed by atoms with E-state index in [-0.39, 0.29) is 0 Å². The Labute approximate surface area is 170 Å². The van der Waals surface area contributed by atoms with E-state index in [0.717, 1.165) is 28.2 Å². The fraction of sp³-hybridized carbons (Fsp3) is 0. The zero-order valence-corrected chi connectivity index (χ0v) is 15.8. The molecule has 0 atom stereocenters. The molecule has 0 saturated carbocycles. The lowest BCUT2D eigenvalue weighted by molar-refractivity contribution is 0.100. The average Bonchev–Trinajstić information content (AvgIpc) is 2.76. The van der Waals surface area contributed by atoms with Gasteiger partial charge in [-0.05, 0) is 59.7 Å². The molecular weight excluding hydrogens is 358 g/mol. The monoisotopic (exact) mass is 379 g/mol. The molecule has 0 spiro atoms. The van der Waals surface area contributed by atoms with Crippen molar-refractivity contribution in [1.82, 2.24) is 0 Å². The first-order chi connectivity index (χ1) is 14.1. The van der Waals surface area contributed by atoms with Crippen molar-refractivity contribution in [2.24, 2.45) is 5.73 Å². The van der Waals surface area contributed by atoms with Gasteiger partial charge in [-0.15, -0.1) is 0 Å². The smallest absolute Gasteiger partial charge is 0.250 e. The first-order valence-corrected chi connectivity index (χ1v) is 9.33. The highest BCUT2D eigenvalue weighted by atomic mass is 16.1. The molecule has 0 saturated heterocycles. The van der Waals surface area contributed by atoms with E-state index in [9.17, 15) is 4.79 Å². The van der Waals surface area contributed by atoms with Crippen molar-refractivity contribution in [1.29, 1.82) is 0 Å². The third-order valence-electron chi connectivity index (χ3n) is 4.79. The van der Waals surface area contributed by atoms with Gasteiger partial charge in [0.2, 0.25) is 0 Å². The molecule has 0 unspecified atom stereocenters.